The van der Waals surface area contributed by atoms with Gasteiger partial charge in [0.25, 0.3) is 0 Å². The van der Waals surface area contributed by atoms with E-state index in [2.05, 4.69) is 0 Å². The van der Waals surface area contributed by atoms with E-state index in [-0.39, 0.29) is 5.75 Å². The zero-order chi connectivity index (χ0) is 21.5. The zero-order valence-corrected chi connectivity index (χ0v) is 17.5. The van der Waals surface area contributed by atoms with E-state index in [0.29, 0.717) is 11.5 Å². The van der Waals surface area contributed by atoms with Crippen molar-refractivity contribution in [3.8, 4) is 34.2 Å². The molecule has 1 N–H and O–H groups in total. The van der Waals surface area contributed by atoms with Crippen molar-refractivity contribution in [2.45, 2.75) is 6.92 Å². The number of hydrogen-bond donors (Lipinski definition) is 1. The Balaban J connectivity index is 1.94. The Labute approximate surface area is 179 Å². The van der Waals surface area contributed by atoms with Gasteiger partial charge in [0.2, 0.25) is 0 Å². The number of hydrogen-bond acceptors (Lipinski definition) is 5. The normalized spacial score (nSPS) is 11.2. The molecule has 0 spiro atoms. The molecule has 2 aromatic heterocycles. The Bertz CT molecular complexity index is 1410. The van der Waals surface area contributed by atoms with Crippen LogP contribution < -0.4 is 9.47 Å². The van der Waals surface area contributed by atoms with Crippen molar-refractivity contribution in [2.75, 3.05) is 14.2 Å². The number of aromatic hydroxyl groups is 1. The van der Waals surface area contributed by atoms with E-state index in [4.69, 9.17) is 19.6 Å². The van der Waals surface area contributed by atoms with Crippen LogP contribution in [0.3, 0.4) is 0 Å². The Kier molecular flexibility index (Phi) is 4.47. The van der Waals surface area contributed by atoms with Gasteiger partial charge in [-0.15, -0.1) is 0 Å². The fraction of sp³-hybridized carbons (Fsp3) is 0.120. The molecule has 0 radical (unpaired) electrons. The molecule has 3 aromatic carbocycles. The highest BCUT2D eigenvalue weighted by Crippen LogP contribution is 2.41. The van der Waals surface area contributed by atoms with Crippen molar-refractivity contribution in [1.29, 1.82) is 0 Å². The van der Waals surface area contributed by atoms with Crippen LogP contribution in [0.5, 0.6) is 17.2 Å². The number of benzene rings is 3. The average Bonchev–Trinajstić information content (AvgIpc) is 3.15. The number of nitrogens with zero attached hydrogens (tertiary/aromatic N) is 3. The molecule has 5 aromatic rings. The first kappa shape index (κ1) is 18.9. The lowest BCUT2D eigenvalue weighted by molar-refractivity contribution is 0.356. The van der Waals surface area contributed by atoms with E-state index in [9.17, 15) is 5.11 Å². The third kappa shape index (κ3) is 3.04. The highest BCUT2D eigenvalue weighted by Gasteiger charge is 2.20. The summed E-state index contributed by atoms with van der Waals surface area (Å²) in [6, 6.07) is 20.9. The van der Waals surface area contributed by atoms with Crippen molar-refractivity contribution >= 4 is 21.8 Å². The Hall–Kier alpha value is -4.06. The van der Waals surface area contributed by atoms with Gasteiger partial charge in [0.05, 0.1) is 36.7 Å². The predicted molar refractivity (Wildman–Crippen MR) is 121 cm³/mol. The quantitative estimate of drug-likeness (QED) is 0.436. The van der Waals surface area contributed by atoms with E-state index < -0.39 is 0 Å². The van der Waals surface area contributed by atoms with Crippen LogP contribution in [0.1, 0.15) is 5.69 Å². The number of aromatic nitrogens is 3. The highest BCUT2D eigenvalue weighted by atomic mass is 16.5. The maximum absolute atomic E-state index is 9.76. The van der Waals surface area contributed by atoms with Crippen molar-refractivity contribution in [3.05, 3.63) is 72.4 Å². The summed E-state index contributed by atoms with van der Waals surface area (Å²) in [6.07, 6.45) is 0. The number of ether oxygens (including phenoxy) is 2. The fourth-order valence-electron chi connectivity index (χ4n) is 3.97. The standard InChI is InChI=1S/C25H21N3O3/c1-15-23-19-13-21(30-2)22(31-3)14-20(19)24(16-9-11-18(29)12-10-16)26-25(23)28(27-15)17-7-5-4-6-8-17/h4-14,29H,1-3H3. The molecule has 2 heterocycles. The van der Waals surface area contributed by atoms with Gasteiger partial charge in [0, 0.05) is 16.3 Å². The number of rotatable bonds is 4. The smallest absolute Gasteiger partial charge is 0.164 e. The highest BCUT2D eigenvalue weighted by molar-refractivity contribution is 6.12. The van der Waals surface area contributed by atoms with Gasteiger partial charge in [0.15, 0.2) is 17.1 Å². The van der Waals surface area contributed by atoms with Gasteiger partial charge in [-0.25, -0.2) is 9.67 Å². The van der Waals surface area contributed by atoms with Crippen LogP contribution in [0.2, 0.25) is 0 Å². The lowest BCUT2D eigenvalue weighted by Gasteiger charge is -2.13. The molecule has 6 heteroatoms. The minimum atomic E-state index is 0.207. The first-order valence-electron chi connectivity index (χ1n) is 9.90. The van der Waals surface area contributed by atoms with Crippen LogP contribution in [0.15, 0.2) is 66.7 Å². The number of para-hydroxylation sites is 1. The summed E-state index contributed by atoms with van der Waals surface area (Å²) in [4.78, 5) is 5.05. The van der Waals surface area contributed by atoms with Crippen LogP contribution >= 0.6 is 0 Å². The number of methoxy groups -OCH3 is 2. The van der Waals surface area contributed by atoms with Gasteiger partial charge < -0.3 is 14.6 Å². The van der Waals surface area contributed by atoms with Crippen LogP contribution in [0.25, 0.3) is 38.8 Å². The molecule has 31 heavy (non-hydrogen) atoms. The summed E-state index contributed by atoms with van der Waals surface area (Å²) >= 11 is 0. The number of phenolic OH excluding ortho intramolecular Hbond substituents is 1. The summed E-state index contributed by atoms with van der Waals surface area (Å²) in [5.74, 6) is 1.48. The summed E-state index contributed by atoms with van der Waals surface area (Å²) in [5, 5.41) is 17.4. The van der Waals surface area contributed by atoms with E-state index in [1.54, 1.807) is 26.4 Å². The van der Waals surface area contributed by atoms with Gasteiger partial charge in [-0.1, -0.05) is 18.2 Å². The summed E-state index contributed by atoms with van der Waals surface area (Å²) in [5.41, 5.74) is 4.23. The van der Waals surface area contributed by atoms with E-state index >= 15 is 0 Å². The molecule has 0 bridgehead atoms. The summed E-state index contributed by atoms with van der Waals surface area (Å²) in [6.45, 7) is 1.99. The zero-order valence-electron chi connectivity index (χ0n) is 17.5. The Morgan fingerprint density at radius 3 is 2.13 bits per heavy atom. The molecule has 0 unspecified atom stereocenters. The minimum absolute atomic E-state index is 0.207. The number of pyridine rings is 1. The van der Waals surface area contributed by atoms with E-state index in [1.165, 1.54) is 0 Å². The fourth-order valence-corrected chi connectivity index (χ4v) is 3.97. The average molecular weight is 411 g/mol. The van der Waals surface area contributed by atoms with Crippen molar-refractivity contribution in [3.63, 3.8) is 0 Å². The molecule has 5 rings (SSSR count). The van der Waals surface area contributed by atoms with Gasteiger partial charge in [-0.05, 0) is 55.5 Å². The first-order valence-corrected chi connectivity index (χ1v) is 9.90. The lowest BCUT2D eigenvalue weighted by Crippen LogP contribution is -1.99. The molecule has 0 amide bonds. The largest absolute Gasteiger partial charge is 0.508 e. The first-order chi connectivity index (χ1) is 15.1. The van der Waals surface area contributed by atoms with Crippen LogP contribution in [0.4, 0.5) is 0 Å². The molecule has 154 valence electrons. The number of phenols is 1. The molecule has 0 aliphatic heterocycles. The molecule has 0 saturated heterocycles. The summed E-state index contributed by atoms with van der Waals surface area (Å²) in [7, 11) is 3.25. The number of fused-ring (bicyclic) bond motifs is 3. The second-order valence-corrected chi connectivity index (χ2v) is 7.29. The van der Waals surface area contributed by atoms with Gasteiger partial charge in [-0.2, -0.15) is 5.10 Å². The molecule has 0 saturated carbocycles. The Morgan fingerprint density at radius 1 is 0.839 bits per heavy atom. The molecule has 0 atom stereocenters. The maximum Gasteiger partial charge on any atom is 0.164 e. The molecule has 6 nitrogen and oxygen atoms in total. The Morgan fingerprint density at radius 2 is 1.48 bits per heavy atom. The third-order valence-electron chi connectivity index (χ3n) is 5.44. The minimum Gasteiger partial charge on any atom is -0.508 e. The maximum atomic E-state index is 9.76. The van der Waals surface area contributed by atoms with Gasteiger partial charge in [-0.3, -0.25) is 0 Å². The van der Waals surface area contributed by atoms with Gasteiger partial charge >= 0.3 is 0 Å². The lowest BCUT2D eigenvalue weighted by atomic mass is 10.00. The topological polar surface area (TPSA) is 69.4 Å². The van der Waals surface area contributed by atoms with E-state index in [0.717, 1.165) is 44.4 Å². The van der Waals surface area contributed by atoms with Crippen molar-refractivity contribution in [2.24, 2.45) is 0 Å². The van der Waals surface area contributed by atoms with E-state index in [1.807, 2.05) is 66.2 Å². The molecular weight excluding hydrogens is 390 g/mol. The molecule has 0 aliphatic rings. The van der Waals surface area contributed by atoms with Crippen LogP contribution in [0, 0.1) is 6.92 Å². The second-order valence-electron chi connectivity index (χ2n) is 7.29. The van der Waals surface area contributed by atoms with Crippen LogP contribution in [-0.2, 0) is 0 Å². The van der Waals surface area contributed by atoms with Gasteiger partial charge in [0.1, 0.15) is 5.75 Å². The predicted octanol–water partition coefficient (Wildman–Crippen LogP) is 5.27. The number of aryl methyl sites for hydroxylation is 1. The monoisotopic (exact) mass is 411 g/mol. The second kappa shape index (κ2) is 7.32. The molecule has 0 aliphatic carbocycles. The molecule has 0 fully saturated rings. The molecular formula is C25H21N3O3. The SMILES string of the molecule is COc1cc2c(-c3ccc(O)cc3)nc3c(c(C)nn3-c3ccccc3)c2cc1OC. The van der Waals surface area contributed by atoms with Crippen LogP contribution in [-0.4, -0.2) is 34.1 Å². The van der Waals surface area contributed by atoms with Crippen molar-refractivity contribution < 1.29 is 14.6 Å². The third-order valence-corrected chi connectivity index (χ3v) is 5.44. The van der Waals surface area contributed by atoms with Crippen molar-refractivity contribution in [1.82, 2.24) is 14.8 Å². The summed E-state index contributed by atoms with van der Waals surface area (Å²) < 4.78 is 13.0.